The largest absolute Gasteiger partial charge is 0.395 e. The Morgan fingerprint density at radius 3 is 2.65 bits per heavy atom. The molecule has 0 radical (unpaired) electrons. The van der Waals surface area contributed by atoms with Gasteiger partial charge in [0.15, 0.2) is 0 Å². The van der Waals surface area contributed by atoms with Crippen LogP contribution >= 0.6 is 0 Å². The van der Waals surface area contributed by atoms with Gasteiger partial charge in [-0.15, -0.1) is 0 Å². The third kappa shape index (κ3) is 4.86. The van der Waals surface area contributed by atoms with Crippen LogP contribution < -0.4 is 11.3 Å². The van der Waals surface area contributed by atoms with E-state index in [1.54, 1.807) is 7.11 Å². The number of methoxy groups -OCH3 is 1. The number of hydrogen-bond donors (Lipinski definition) is 3. The summed E-state index contributed by atoms with van der Waals surface area (Å²) in [4.78, 5) is 8.68. The van der Waals surface area contributed by atoms with E-state index in [9.17, 15) is 0 Å². The number of piperazine rings is 1. The minimum atomic E-state index is 0.212. The Balaban J connectivity index is 2.36. The number of rotatable bonds is 5. The summed E-state index contributed by atoms with van der Waals surface area (Å²) in [6.45, 7) is 5.73. The van der Waals surface area contributed by atoms with E-state index >= 15 is 0 Å². The second kappa shape index (κ2) is 8.24. The van der Waals surface area contributed by atoms with E-state index in [-0.39, 0.29) is 6.61 Å². The van der Waals surface area contributed by atoms with Crippen LogP contribution in [0.1, 0.15) is 0 Å². The van der Waals surface area contributed by atoms with Crippen molar-refractivity contribution in [3.05, 3.63) is 0 Å². The molecule has 100 valence electrons. The first-order valence-corrected chi connectivity index (χ1v) is 5.90. The molecule has 0 spiro atoms. The van der Waals surface area contributed by atoms with Crippen molar-refractivity contribution in [1.29, 1.82) is 0 Å². The van der Waals surface area contributed by atoms with Crippen LogP contribution in [0, 0.1) is 0 Å². The lowest BCUT2D eigenvalue weighted by atomic mass is 10.3. The Labute approximate surface area is 102 Å². The molecule has 17 heavy (non-hydrogen) atoms. The SMILES string of the molecule is COCCN=C(NN)N1CCN(CCO)CC1. The van der Waals surface area contributed by atoms with Gasteiger partial charge in [0.1, 0.15) is 0 Å². The molecule has 1 aliphatic heterocycles. The molecule has 1 saturated heterocycles. The van der Waals surface area contributed by atoms with Crippen LogP contribution in [0.15, 0.2) is 4.99 Å². The molecular formula is C10H23N5O2. The van der Waals surface area contributed by atoms with Crippen LogP contribution in [-0.2, 0) is 4.74 Å². The smallest absolute Gasteiger partial charge is 0.208 e. The predicted molar refractivity (Wildman–Crippen MR) is 66.6 cm³/mol. The van der Waals surface area contributed by atoms with Gasteiger partial charge in [0.2, 0.25) is 5.96 Å². The maximum Gasteiger partial charge on any atom is 0.208 e. The molecule has 0 atom stereocenters. The number of aliphatic hydroxyl groups is 1. The molecule has 1 fully saturated rings. The summed E-state index contributed by atoms with van der Waals surface area (Å²) in [7, 11) is 1.65. The summed E-state index contributed by atoms with van der Waals surface area (Å²) in [5, 5.41) is 8.86. The van der Waals surface area contributed by atoms with Crippen molar-refractivity contribution in [2.24, 2.45) is 10.8 Å². The molecular weight excluding hydrogens is 222 g/mol. The van der Waals surface area contributed by atoms with Crippen LogP contribution in [-0.4, -0.2) is 80.5 Å². The average molecular weight is 245 g/mol. The van der Waals surface area contributed by atoms with Gasteiger partial charge in [0.05, 0.1) is 19.8 Å². The molecule has 0 saturated carbocycles. The standard InChI is InChI=1S/C10H23N5O2/c1-17-9-2-12-10(13-11)15-5-3-14(4-6-15)7-8-16/h16H,2-9,11H2,1H3,(H,12,13). The summed E-state index contributed by atoms with van der Waals surface area (Å²) in [5.41, 5.74) is 2.63. The zero-order valence-electron chi connectivity index (χ0n) is 10.4. The monoisotopic (exact) mass is 245 g/mol. The number of guanidine groups is 1. The van der Waals surface area contributed by atoms with E-state index in [2.05, 4.69) is 20.2 Å². The highest BCUT2D eigenvalue weighted by Crippen LogP contribution is 2.01. The van der Waals surface area contributed by atoms with Gasteiger partial charge in [0.25, 0.3) is 0 Å². The molecule has 1 aliphatic rings. The van der Waals surface area contributed by atoms with E-state index < -0.39 is 0 Å². The minimum Gasteiger partial charge on any atom is -0.395 e. The van der Waals surface area contributed by atoms with Crippen LogP contribution in [0.4, 0.5) is 0 Å². The van der Waals surface area contributed by atoms with Crippen LogP contribution in [0.3, 0.4) is 0 Å². The van der Waals surface area contributed by atoms with Gasteiger partial charge in [-0.25, -0.2) is 10.8 Å². The quantitative estimate of drug-likeness (QED) is 0.172. The molecule has 1 rings (SSSR count). The second-order valence-corrected chi connectivity index (χ2v) is 3.89. The van der Waals surface area contributed by atoms with Gasteiger partial charge < -0.3 is 14.7 Å². The first-order chi connectivity index (χ1) is 8.31. The topological polar surface area (TPSA) is 86.4 Å². The van der Waals surface area contributed by atoms with Crippen molar-refractivity contribution in [1.82, 2.24) is 15.2 Å². The molecule has 1 heterocycles. The first kappa shape index (κ1) is 14.2. The Kier molecular flexibility index (Phi) is 6.87. The van der Waals surface area contributed by atoms with E-state index in [0.29, 0.717) is 19.1 Å². The van der Waals surface area contributed by atoms with Gasteiger partial charge in [-0.05, 0) is 0 Å². The van der Waals surface area contributed by atoms with Crippen LogP contribution in [0.25, 0.3) is 0 Å². The number of nitrogens with zero attached hydrogens (tertiary/aromatic N) is 3. The summed E-state index contributed by atoms with van der Waals surface area (Å²) < 4.78 is 4.94. The fourth-order valence-electron chi connectivity index (χ4n) is 1.80. The molecule has 0 bridgehead atoms. The molecule has 0 unspecified atom stereocenters. The summed E-state index contributed by atoms with van der Waals surface area (Å²) >= 11 is 0. The molecule has 7 nitrogen and oxygen atoms in total. The number of β-amino-alcohol motifs (C(OH)–C–C–N with tert-alkyl or cyclic N) is 1. The fourth-order valence-corrected chi connectivity index (χ4v) is 1.80. The van der Waals surface area contributed by atoms with Crippen LogP contribution in [0.2, 0.25) is 0 Å². The van der Waals surface area contributed by atoms with Gasteiger partial charge in [-0.3, -0.25) is 10.3 Å². The van der Waals surface area contributed by atoms with E-state index in [1.165, 1.54) is 0 Å². The molecule has 0 amide bonds. The highest BCUT2D eigenvalue weighted by molar-refractivity contribution is 5.79. The lowest BCUT2D eigenvalue weighted by molar-refractivity contribution is 0.145. The molecule has 0 aromatic carbocycles. The zero-order chi connectivity index (χ0) is 12.5. The lowest BCUT2D eigenvalue weighted by Gasteiger charge is -2.35. The molecule has 0 aromatic rings. The van der Waals surface area contributed by atoms with E-state index in [1.807, 2.05) is 0 Å². The highest BCUT2D eigenvalue weighted by Gasteiger charge is 2.18. The van der Waals surface area contributed by atoms with Crippen molar-refractivity contribution in [3.8, 4) is 0 Å². The van der Waals surface area contributed by atoms with E-state index in [0.717, 1.165) is 32.7 Å². The van der Waals surface area contributed by atoms with Gasteiger partial charge in [0, 0.05) is 39.8 Å². The Hall–Kier alpha value is -0.890. The van der Waals surface area contributed by atoms with E-state index in [4.69, 9.17) is 15.7 Å². The van der Waals surface area contributed by atoms with Crippen molar-refractivity contribution < 1.29 is 9.84 Å². The zero-order valence-corrected chi connectivity index (χ0v) is 10.4. The Morgan fingerprint density at radius 1 is 1.41 bits per heavy atom. The Morgan fingerprint density at radius 2 is 2.12 bits per heavy atom. The molecule has 0 aromatic heterocycles. The highest BCUT2D eigenvalue weighted by atomic mass is 16.5. The lowest BCUT2D eigenvalue weighted by Crippen LogP contribution is -2.54. The maximum absolute atomic E-state index is 8.86. The third-order valence-electron chi connectivity index (χ3n) is 2.77. The first-order valence-electron chi connectivity index (χ1n) is 5.90. The van der Waals surface area contributed by atoms with Gasteiger partial charge in [-0.1, -0.05) is 0 Å². The maximum atomic E-state index is 8.86. The molecule has 0 aliphatic carbocycles. The third-order valence-corrected chi connectivity index (χ3v) is 2.77. The Bertz CT molecular complexity index is 229. The fraction of sp³-hybridized carbons (Fsp3) is 0.900. The predicted octanol–water partition coefficient (Wildman–Crippen LogP) is -1.94. The van der Waals surface area contributed by atoms with Crippen molar-refractivity contribution >= 4 is 5.96 Å². The summed E-state index contributed by atoms with van der Waals surface area (Å²) in [6.07, 6.45) is 0. The minimum absolute atomic E-state index is 0.212. The molecule has 4 N–H and O–H groups in total. The van der Waals surface area contributed by atoms with Gasteiger partial charge in [-0.2, -0.15) is 0 Å². The number of hydrogen-bond acceptors (Lipinski definition) is 5. The number of hydrazine groups is 1. The normalized spacial score (nSPS) is 18.5. The summed E-state index contributed by atoms with van der Waals surface area (Å²) in [6, 6.07) is 0. The number of ether oxygens (including phenoxy) is 1. The molecule has 7 heteroatoms. The number of nitrogens with two attached hydrogens (primary N) is 1. The number of aliphatic hydroxyl groups excluding tert-OH is 1. The van der Waals surface area contributed by atoms with Gasteiger partial charge >= 0.3 is 0 Å². The van der Waals surface area contributed by atoms with Crippen molar-refractivity contribution in [3.63, 3.8) is 0 Å². The van der Waals surface area contributed by atoms with Crippen molar-refractivity contribution in [2.45, 2.75) is 0 Å². The second-order valence-electron chi connectivity index (χ2n) is 3.89. The average Bonchev–Trinajstić information content (AvgIpc) is 2.36. The van der Waals surface area contributed by atoms with Crippen LogP contribution in [0.5, 0.6) is 0 Å². The van der Waals surface area contributed by atoms with Crippen molar-refractivity contribution in [2.75, 3.05) is 59.6 Å². The number of aliphatic imine (C=N–C) groups is 1. The summed E-state index contributed by atoms with van der Waals surface area (Å²) in [5.74, 6) is 6.18. The number of nitrogens with one attached hydrogen (secondary N) is 1.